The molecule has 144 valence electrons. The Kier molecular flexibility index (Phi) is 4.16. The van der Waals surface area contributed by atoms with Crippen LogP contribution in [0.4, 0.5) is 0 Å². The van der Waals surface area contributed by atoms with Crippen molar-refractivity contribution >= 4 is 23.2 Å². The third-order valence-electron chi connectivity index (χ3n) is 6.06. The van der Waals surface area contributed by atoms with Gasteiger partial charge in [0.25, 0.3) is 5.91 Å². The molecule has 5 rings (SSSR count). The molecule has 2 aromatic heterocycles. The fourth-order valence-electron chi connectivity index (χ4n) is 4.39. The number of hydrogen-bond acceptors (Lipinski definition) is 4. The number of amides is 1. The Hall–Kier alpha value is -2.41. The zero-order valence-corrected chi connectivity index (χ0v) is 16.1. The van der Waals surface area contributed by atoms with Crippen LogP contribution in [0, 0.1) is 0 Å². The molecule has 4 heterocycles. The number of nitrogens with one attached hydrogen (secondary N) is 1. The van der Waals surface area contributed by atoms with Gasteiger partial charge in [0.2, 0.25) is 0 Å². The highest BCUT2D eigenvalue weighted by atomic mass is 35.5. The number of piperidine rings is 1. The second-order valence-electron chi connectivity index (χ2n) is 7.69. The van der Waals surface area contributed by atoms with Crippen LogP contribution in [0.15, 0.2) is 48.8 Å². The molecule has 1 amide bonds. The Morgan fingerprint density at radius 3 is 2.86 bits per heavy atom. The van der Waals surface area contributed by atoms with Gasteiger partial charge in [-0.1, -0.05) is 35.9 Å². The lowest BCUT2D eigenvalue weighted by Gasteiger charge is -2.48. The van der Waals surface area contributed by atoms with Gasteiger partial charge in [0, 0.05) is 32.0 Å². The highest BCUT2D eigenvalue weighted by molar-refractivity contribution is 6.33. The van der Waals surface area contributed by atoms with Crippen molar-refractivity contribution in [2.75, 3.05) is 13.1 Å². The third-order valence-corrected chi connectivity index (χ3v) is 6.35. The number of carbonyl (C=O) groups excluding carboxylic acids is 1. The predicted molar refractivity (Wildman–Crippen MR) is 106 cm³/mol. The quantitative estimate of drug-likeness (QED) is 0.662. The van der Waals surface area contributed by atoms with Crippen molar-refractivity contribution in [3.8, 4) is 0 Å². The molecule has 2 atom stereocenters. The molecule has 0 unspecified atom stereocenters. The number of pyridine rings is 1. The van der Waals surface area contributed by atoms with Gasteiger partial charge in [0.1, 0.15) is 5.69 Å². The zero-order valence-electron chi connectivity index (χ0n) is 15.3. The van der Waals surface area contributed by atoms with E-state index in [1.165, 1.54) is 11.1 Å². The highest BCUT2D eigenvalue weighted by Crippen LogP contribution is 2.32. The SMILES string of the molecule is O=C(c1cn2cccc(Cl)c2n1)N1CC[C@]2(Cc3ccccc3CN2)[C@H](O)C1. The summed E-state index contributed by atoms with van der Waals surface area (Å²) in [5, 5.41) is 15.0. The van der Waals surface area contributed by atoms with Crippen molar-refractivity contribution in [1.82, 2.24) is 19.6 Å². The van der Waals surface area contributed by atoms with E-state index in [0.717, 1.165) is 13.0 Å². The summed E-state index contributed by atoms with van der Waals surface area (Å²) in [4.78, 5) is 19.0. The number of benzene rings is 1. The van der Waals surface area contributed by atoms with E-state index in [4.69, 9.17) is 11.6 Å². The van der Waals surface area contributed by atoms with Gasteiger partial charge in [-0.15, -0.1) is 0 Å². The van der Waals surface area contributed by atoms with E-state index in [1.807, 2.05) is 24.4 Å². The normalized spacial score (nSPS) is 24.5. The molecule has 0 bridgehead atoms. The lowest BCUT2D eigenvalue weighted by molar-refractivity contribution is -0.0140. The third kappa shape index (κ3) is 2.80. The number of aromatic nitrogens is 2. The van der Waals surface area contributed by atoms with Gasteiger partial charge in [0.05, 0.1) is 16.7 Å². The first-order valence-corrected chi connectivity index (χ1v) is 9.86. The van der Waals surface area contributed by atoms with Crippen LogP contribution >= 0.6 is 11.6 Å². The van der Waals surface area contributed by atoms with E-state index in [-0.39, 0.29) is 18.0 Å². The van der Waals surface area contributed by atoms with Gasteiger partial charge in [-0.3, -0.25) is 4.79 Å². The molecule has 28 heavy (non-hydrogen) atoms. The summed E-state index contributed by atoms with van der Waals surface area (Å²) in [6.07, 6.45) is 4.34. The minimum Gasteiger partial charge on any atom is -0.389 e. The molecular formula is C21H21ClN4O2. The van der Waals surface area contributed by atoms with Crippen LogP contribution in [0.1, 0.15) is 28.0 Å². The molecule has 2 N–H and O–H groups in total. The number of fused-ring (bicyclic) bond motifs is 2. The molecule has 2 aliphatic heterocycles. The van der Waals surface area contributed by atoms with Crippen LogP contribution < -0.4 is 5.32 Å². The van der Waals surface area contributed by atoms with E-state index in [0.29, 0.717) is 29.3 Å². The van der Waals surface area contributed by atoms with Crippen molar-refractivity contribution in [3.63, 3.8) is 0 Å². The Balaban J connectivity index is 1.35. The summed E-state index contributed by atoms with van der Waals surface area (Å²) >= 11 is 6.17. The summed E-state index contributed by atoms with van der Waals surface area (Å²) < 4.78 is 1.75. The summed E-state index contributed by atoms with van der Waals surface area (Å²) in [5.74, 6) is -0.176. The maximum absolute atomic E-state index is 13.0. The molecule has 0 radical (unpaired) electrons. The Morgan fingerprint density at radius 1 is 1.25 bits per heavy atom. The predicted octanol–water partition coefficient (Wildman–Crippen LogP) is 2.28. The fraction of sp³-hybridized carbons (Fsp3) is 0.333. The number of likely N-dealkylation sites (tertiary alicyclic amines) is 1. The second-order valence-corrected chi connectivity index (χ2v) is 8.09. The molecule has 7 heteroatoms. The molecular weight excluding hydrogens is 376 g/mol. The van der Waals surface area contributed by atoms with E-state index in [2.05, 4.69) is 22.4 Å². The lowest BCUT2D eigenvalue weighted by Crippen LogP contribution is -2.65. The summed E-state index contributed by atoms with van der Waals surface area (Å²) in [6, 6.07) is 11.9. The molecule has 3 aromatic rings. The number of rotatable bonds is 1. The first-order chi connectivity index (χ1) is 13.6. The number of hydrogen-bond donors (Lipinski definition) is 2. The Labute approximate surface area is 167 Å². The van der Waals surface area contributed by atoms with Gasteiger partial charge < -0.3 is 19.7 Å². The average molecular weight is 397 g/mol. The van der Waals surface area contributed by atoms with Crippen molar-refractivity contribution < 1.29 is 9.90 Å². The van der Waals surface area contributed by atoms with Gasteiger partial charge in [-0.2, -0.15) is 0 Å². The molecule has 1 spiro atoms. The van der Waals surface area contributed by atoms with Crippen LogP contribution in [0.5, 0.6) is 0 Å². The lowest BCUT2D eigenvalue weighted by atomic mass is 9.76. The molecule has 1 aromatic carbocycles. The number of halogens is 1. The number of aliphatic hydroxyl groups is 1. The number of carbonyl (C=O) groups is 1. The minimum absolute atomic E-state index is 0.176. The Morgan fingerprint density at radius 2 is 2.07 bits per heavy atom. The smallest absolute Gasteiger partial charge is 0.274 e. The molecule has 0 aliphatic carbocycles. The molecule has 2 aliphatic rings. The van der Waals surface area contributed by atoms with E-state index >= 15 is 0 Å². The summed E-state index contributed by atoms with van der Waals surface area (Å²) in [7, 11) is 0. The van der Waals surface area contributed by atoms with Crippen LogP contribution in [0.2, 0.25) is 5.02 Å². The van der Waals surface area contributed by atoms with Crippen molar-refractivity contribution in [2.24, 2.45) is 0 Å². The second kappa shape index (κ2) is 6.58. The zero-order chi connectivity index (χ0) is 19.3. The largest absolute Gasteiger partial charge is 0.389 e. The first-order valence-electron chi connectivity index (χ1n) is 9.48. The number of aliphatic hydroxyl groups excluding tert-OH is 1. The average Bonchev–Trinajstić information content (AvgIpc) is 3.15. The number of imidazole rings is 1. The topological polar surface area (TPSA) is 69.9 Å². The summed E-state index contributed by atoms with van der Waals surface area (Å²) in [5.41, 5.74) is 3.08. The molecule has 1 saturated heterocycles. The maximum Gasteiger partial charge on any atom is 0.274 e. The summed E-state index contributed by atoms with van der Waals surface area (Å²) in [6.45, 7) is 1.61. The van der Waals surface area contributed by atoms with Crippen molar-refractivity contribution in [1.29, 1.82) is 0 Å². The van der Waals surface area contributed by atoms with Crippen molar-refractivity contribution in [2.45, 2.75) is 31.0 Å². The van der Waals surface area contributed by atoms with Gasteiger partial charge >= 0.3 is 0 Å². The molecule has 0 saturated carbocycles. The molecule has 1 fully saturated rings. The van der Waals surface area contributed by atoms with Crippen molar-refractivity contribution in [3.05, 3.63) is 70.6 Å². The van der Waals surface area contributed by atoms with Crippen LogP contribution in [0.3, 0.4) is 0 Å². The van der Waals surface area contributed by atoms with E-state index in [1.54, 1.807) is 21.6 Å². The van der Waals surface area contributed by atoms with Gasteiger partial charge in [0.15, 0.2) is 5.65 Å². The number of β-amino-alcohol motifs (C(OH)–C–C–N with tert-alkyl or cyclic N) is 1. The van der Waals surface area contributed by atoms with E-state index < -0.39 is 6.10 Å². The van der Waals surface area contributed by atoms with Crippen LogP contribution in [0.25, 0.3) is 5.65 Å². The monoisotopic (exact) mass is 396 g/mol. The fourth-order valence-corrected chi connectivity index (χ4v) is 4.61. The standard InChI is InChI=1S/C21H21ClN4O2/c22-16-6-3-8-25-12-17(24-19(16)25)20(28)26-9-7-21(18(27)13-26)10-14-4-1-2-5-15(14)11-23-21/h1-6,8,12,18,23,27H,7,9-11,13H2/t18-,21+/m1/s1. The van der Waals surface area contributed by atoms with Crippen LogP contribution in [-0.2, 0) is 13.0 Å². The maximum atomic E-state index is 13.0. The number of nitrogens with zero attached hydrogens (tertiary/aromatic N) is 3. The molecule has 6 nitrogen and oxygen atoms in total. The first kappa shape index (κ1) is 17.7. The van der Waals surface area contributed by atoms with E-state index in [9.17, 15) is 9.90 Å². The highest BCUT2D eigenvalue weighted by Gasteiger charge is 2.45. The van der Waals surface area contributed by atoms with Gasteiger partial charge in [-0.25, -0.2) is 4.98 Å². The Bertz CT molecular complexity index is 1070. The minimum atomic E-state index is -0.640. The van der Waals surface area contributed by atoms with Gasteiger partial charge in [-0.05, 0) is 36.1 Å². The van der Waals surface area contributed by atoms with Crippen LogP contribution in [-0.4, -0.2) is 50.0 Å².